The molecule has 156 valence electrons. The molecule has 0 aliphatic heterocycles. The van der Waals surface area contributed by atoms with Gasteiger partial charge in [-0.05, 0) is 30.9 Å². The molecule has 1 aromatic carbocycles. The summed E-state index contributed by atoms with van der Waals surface area (Å²) >= 11 is 1.86. The third-order valence-electron chi connectivity index (χ3n) is 4.63. The fourth-order valence-corrected chi connectivity index (χ4v) is 3.07. The van der Waals surface area contributed by atoms with Crippen LogP contribution in [0.3, 0.4) is 0 Å². The van der Waals surface area contributed by atoms with Crippen LogP contribution in [0.5, 0.6) is 0 Å². The van der Waals surface area contributed by atoms with Gasteiger partial charge in [0.05, 0.1) is 0 Å². The lowest BCUT2D eigenvalue weighted by Gasteiger charge is -2.27. The zero-order valence-corrected chi connectivity index (χ0v) is 20.7. The van der Waals surface area contributed by atoms with Crippen LogP contribution in [-0.4, -0.2) is 45.8 Å². The van der Waals surface area contributed by atoms with E-state index in [9.17, 15) is 0 Å². The predicted molar refractivity (Wildman–Crippen MR) is 131 cm³/mol. The van der Waals surface area contributed by atoms with Crippen molar-refractivity contribution in [2.75, 3.05) is 25.1 Å². The first-order chi connectivity index (χ1) is 12.9. The number of nitrogens with zero attached hydrogens (tertiary/aromatic N) is 4. The van der Waals surface area contributed by atoms with E-state index in [1.54, 1.807) is 0 Å². The molecule has 0 bridgehead atoms. The molecular formula is C20H33IN6S. The summed E-state index contributed by atoms with van der Waals surface area (Å²) in [5, 5.41) is 15.3. The van der Waals surface area contributed by atoms with Gasteiger partial charge < -0.3 is 15.2 Å². The molecule has 28 heavy (non-hydrogen) atoms. The second-order valence-electron chi connectivity index (χ2n) is 7.26. The SMILES string of the molecule is CSCCCNC(=NCc1nnc(C)n1C)NCC(C)(C)c1ccccc1.I. The van der Waals surface area contributed by atoms with E-state index in [1.807, 2.05) is 30.3 Å². The van der Waals surface area contributed by atoms with Gasteiger partial charge in [0.1, 0.15) is 12.4 Å². The van der Waals surface area contributed by atoms with Crippen LogP contribution < -0.4 is 10.6 Å². The van der Waals surface area contributed by atoms with Crippen LogP contribution in [-0.2, 0) is 19.0 Å². The van der Waals surface area contributed by atoms with Crippen LogP contribution in [0.2, 0.25) is 0 Å². The van der Waals surface area contributed by atoms with Crippen LogP contribution in [0.4, 0.5) is 0 Å². The van der Waals surface area contributed by atoms with Crippen molar-refractivity contribution in [1.82, 2.24) is 25.4 Å². The lowest BCUT2D eigenvalue weighted by atomic mass is 9.85. The quantitative estimate of drug-likeness (QED) is 0.231. The van der Waals surface area contributed by atoms with Crippen LogP contribution in [0.1, 0.15) is 37.5 Å². The second kappa shape index (κ2) is 12.3. The van der Waals surface area contributed by atoms with Crippen molar-refractivity contribution in [2.24, 2.45) is 12.0 Å². The average Bonchev–Trinajstić information content (AvgIpc) is 2.99. The molecule has 2 rings (SSSR count). The smallest absolute Gasteiger partial charge is 0.191 e. The van der Waals surface area contributed by atoms with E-state index < -0.39 is 0 Å². The van der Waals surface area contributed by atoms with Gasteiger partial charge in [-0.2, -0.15) is 11.8 Å². The molecule has 1 heterocycles. The van der Waals surface area contributed by atoms with Gasteiger partial charge in [-0.3, -0.25) is 0 Å². The minimum absolute atomic E-state index is 0. The summed E-state index contributed by atoms with van der Waals surface area (Å²) < 4.78 is 1.97. The number of aromatic nitrogens is 3. The fourth-order valence-electron chi connectivity index (χ4n) is 2.63. The number of hydrogen-bond donors (Lipinski definition) is 2. The number of aryl methyl sites for hydroxylation is 1. The highest BCUT2D eigenvalue weighted by Gasteiger charge is 2.20. The number of halogens is 1. The molecule has 2 N–H and O–H groups in total. The van der Waals surface area contributed by atoms with Crippen molar-refractivity contribution in [3.63, 3.8) is 0 Å². The first kappa shape index (κ1) is 24.7. The maximum atomic E-state index is 4.73. The topological polar surface area (TPSA) is 67.1 Å². The third-order valence-corrected chi connectivity index (χ3v) is 5.33. The standard InChI is InChI=1S/C20H32N6S.HI/c1-16-24-25-18(26(16)4)14-22-19(21-12-9-13-27-5)23-15-20(2,3)17-10-7-6-8-11-17;/h6-8,10-11H,9,12-15H2,1-5H3,(H2,21,22,23);1H. The van der Waals surface area contributed by atoms with E-state index in [0.29, 0.717) is 6.54 Å². The molecule has 0 fully saturated rings. The molecule has 8 heteroatoms. The Balaban J connectivity index is 0.00000392. The molecule has 6 nitrogen and oxygen atoms in total. The summed E-state index contributed by atoms with van der Waals surface area (Å²) in [4.78, 5) is 4.73. The number of benzene rings is 1. The van der Waals surface area contributed by atoms with E-state index in [2.05, 4.69) is 71.3 Å². The highest BCUT2D eigenvalue weighted by molar-refractivity contribution is 14.0. The predicted octanol–water partition coefficient (Wildman–Crippen LogP) is 3.51. The highest BCUT2D eigenvalue weighted by atomic mass is 127. The molecular weight excluding hydrogens is 483 g/mol. The van der Waals surface area contributed by atoms with E-state index >= 15 is 0 Å². The van der Waals surface area contributed by atoms with Gasteiger partial charge in [-0.15, -0.1) is 34.2 Å². The second-order valence-corrected chi connectivity index (χ2v) is 8.25. The van der Waals surface area contributed by atoms with E-state index in [0.717, 1.165) is 42.9 Å². The molecule has 0 unspecified atom stereocenters. The molecule has 0 atom stereocenters. The Morgan fingerprint density at radius 1 is 1.18 bits per heavy atom. The summed E-state index contributed by atoms with van der Waals surface area (Å²) in [7, 11) is 1.97. The number of aliphatic imine (C=N–C) groups is 1. The molecule has 0 amide bonds. The summed E-state index contributed by atoms with van der Waals surface area (Å²) in [5.41, 5.74) is 1.31. The summed E-state index contributed by atoms with van der Waals surface area (Å²) in [6, 6.07) is 10.6. The number of guanidine groups is 1. The Bertz CT molecular complexity index is 730. The van der Waals surface area contributed by atoms with Crippen molar-refractivity contribution in [3.8, 4) is 0 Å². The van der Waals surface area contributed by atoms with E-state index in [1.165, 1.54) is 5.56 Å². The van der Waals surface area contributed by atoms with Crippen LogP contribution in [0.15, 0.2) is 35.3 Å². The largest absolute Gasteiger partial charge is 0.356 e. The molecule has 0 saturated carbocycles. The Labute approximate surface area is 190 Å². The molecule has 0 spiro atoms. The first-order valence-electron chi connectivity index (χ1n) is 9.35. The lowest BCUT2D eigenvalue weighted by Crippen LogP contribution is -2.44. The number of hydrogen-bond acceptors (Lipinski definition) is 4. The Kier molecular flexibility index (Phi) is 10.9. The van der Waals surface area contributed by atoms with Gasteiger partial charge in [0.2, 0.25) is 0 Å². The molecule has 0 aliphatic rings. The Morgan fingerprint density at radius 2 is 1.89 bits per heavy atom. The van der Waals surface area contributed by atoms with Gasteiger partial charge in [0.15, 0.2) is 11.8 Å². The Hall–Kier alpha value is -1.29. The van der Waals surface area contributed by atoms with Crippen LogP contribution >= 0.6 is 35.7 Å². The van der Waals surface area contributed by atoms with Crippen LogP contribution in [0, 0.1) is 6.92 Å². The lowest BCUT2D eigenvalue weighted by molar-refractivity contribution is 0.508. The summed E-state index contributed by atoms with van der Waals surface area (Å²) in [6.45, 7) is 8.63. The number of nitrogens with one attached hydrogen (secondary N) is 2. The maximum Gasteiger partial charge on any atom is 0.191 e. The van der Waals surface area contributed by atoms with Crippen molar-refractivity contribution in [3.05, 3.63) is 47.5 Å². The minimum Gasteiger partial charge on any atom is -0.356 e. The van der Waals surface area contributed by atoms with E-state index in [4.69, 9.17) is 4.99 Å². The molecule has 1 aromatic heterocycles. The van der Waals surface area contributed by atoms with E-state index in [-0.39, 0.29) is 29.4 Å². The zero-order chi connectivity index (χ0) is 19.7. The zero-order valence-electron chi connectivity index (χ0n) is 17.5. The Morgan fingerprint density at radius 3 is 2.50 bits per heavy atom. The number of rotatable bonds is 9. The summed E-state index contributed by atoms with van der Waals surface area (Å²) in [5.74, 6) is 3.71. The van der Waals surface area contributed by atoms with Gasteiger partial charge in [0, 0.05) is 25.6 Å². The van der Waals surface area contributed by atoms with Gasteiger partial charge in [-0.25, -0.2) is 4.99 Å². The molecule has 0 radical (unpaired) electrons. The monoisotopic (exact) mass is 516 g/mol. The fraction of sp³-hybridized carbons (Fsp3) is 0.550. The third kappa shape index (κ3) is 7.62. The van der Waals surface area contributed by atoms with Crippen molar-refractivity contribution < 1.29 is 0 Å². The normalized spacial score (nSPS) is 11.8. The molecule has 0 aliphatic carbocycles. The maximum absolute atomic E-state index is 4.73. The summed E-state index contributed by atoms with van der Waals surface area (Å²) in [6.07, 6.45) is 3.24. The van der Waals surface area contributed by atoms with Crippen molar-refractivity contribution in [2.45, 2.75) is 39.2 Å². The van der Waals surface area contributed by atoms with Crippen molar-refractivity contribution >= 4 is 41.7 Å². The highest BCUT2D eigenvalue weighted by Crippen LogP contribution is 2.21. The average molecular weight is 516 g/mol. The van der Waals surface area contributed by atoms with Gasteiger partial charge in [-0.1, -0.05) is 44.2 Å². The minimum atomic E-state index is 0. The first-order valence-corrected chi connectivity index (χ1v) is 10.7. The number of thioether (sulfide) groups is 1. The van der Waals surface area contributed by atoms with Crippen molar-refractivity contribution in [1.29, 1.82) is 0 Å². The van der Waals surface area contributed by atoms with Crippen LogP contribution in [0.25, 0.3) is 0 Å². The van der Waals surface area contributed by atoms with Gasteiger partial charge in [0.25, 0.3) is 0 Å². The molecule has 0 saturated heterocycles. The van der Waals surface area contributed by atoms with Gasteiger partial charge >= 0.3 is 0 Å². The molecule has 2 aromatic rings.